The lowest BCUT2D eigenvalue weighted by Gasteiger charge is -2.08. The highest BCUT2D eigenvalue weighted by Gasteiger charge is 2.31. The average Bonchev–Trinajstić information content (AvgIpc) is 2.86. The number of hydrogen-bond donors (Lipinski definition) is 1. The number of aromatic nitrogens is 3. The van der Waals surface area contributed by atoms with E-state index in [1.807, 2.05) is 0 Å². The molecule has 1 aromatic rings. The van der Waals surface area contributed by atoms with Crippen LogP contribution in [0.1, 0.15) is 12.5 Å². The first-order valence-corrected chi connectivity index (χ1v) is 4.46. The second-order valence-corrected chi connectivity index (χ2v) is 3.25. The normalized spacial score (nSPS) is 26.4. The highest BCUT2D eigenvalue weighted by Crippen LogP contribution is 2.18. The van der Waals surface area contributed by atoms with Crippen molar-refractivity contribution in [2.24, 2.45) is 0 Å². The van der Waals surface area contributed by atoms with Crippen molar-refractivity contribution in [3.8, 4) is 0 Å². The molecule has 0 bridgehead atoms. The molecule has 0 radical (unpaired) electrons. The van der Waals surface area contributed by atoms with E-state index in [1.54, 1.807) is 11.0 Å². The number of hydrogen-bond acceptors (Lipinski definition) is 5. The van der Waals surface area contributed by atoms with Gasteiger partial charge in [-0.1, -0.05) is 0 Å². The van der Waals surface area contributed by atoms with E-state index in [4.69, 9.17) is 0 Å². The van der Waals surface area contributed by atoms with Gasteiger partial charge in [-0.2, -0.15) is 5.10 Å². The van der Waals surface area contributed by atoms with Crippen molar-refractivity contribution in [3.63, 3.8) is 0 Å². The maximum absolute atomic E-state index is 11.2. The summed E-state index contributed by atoms with van der Waals surface area (Å²) in [6, 6.07) is -0.0178. The Bertz CT molecular complexity index is 311. The largest absolute Gasteiger partial charge is 0.468 e. The lowest BCUT2D eigenvalue weighted by molar-refractivity contribution is -0.142. The molecule has 0 amide bonds. The highest BCUT2D eigenvalue weighted by atomic mass is 16.5. The molecular formula is C8H12N4O2. The molecule has 2 heterocycles. The van der Waals surface area contributed by atoms with E-state index < -0.39 is 0 Å². The van der Waals surface area contributed by atoms with Gasteiger partial charge in [0.25, 0.3) is 0 Å². The van der Waals surface area contributed by atoms with Crippen molar-refractivity contribution in [2.75, 3.05) is 13.7 Å². The van der Waals surface area contributed by atoms with Crippen molar-refractivity contribution in [1.29, 1.82) is 0 Å². The second-order valence-electron chi connectivity index (χ2n) is 3.25. The molecule has 0 spiro atoms. The molecule has 14 heavy (non-hydrogen) atoms. The summed E-state index contributed by atoms with van der Waals surface area (Å²) in [5.74, 6) is -0.215. The first-order valence-electron chi connectivity index (χ1n) is 4.46. The Labute approximate surface area is 81.3 Å². The van der Waals surface area contributed by atoms with Gasteiger partial charge < -0.3 is 10.1 Å². The molecule has 0 aromatic carbocycles. The van der Waals surface area contributed by atoms with Crippen molar-refractivity contribution in [2.45, 2.75) is 18.5 Å². The van der Waals surface area contributed by atoms with Gasteiger partial charge in [0.2, 0.25) is 0 Å². The molecule has 0 aliphatic carbocycles. The Hall–Kier alpha value is -1.43. The van der Waals surface area contributed by atoms with Crippen LogP contribution in [0.2, 0.25) is 0 Å². The number of nitrogens with one attached hydrogen (secondary N) is 1. The summed E-state index contributed by atoms with van der Waals surface area (Å²) in [7, 11) is 1.40. The van der Waals surface area contributed by atoms with E-state index in [9.17, 15) is 4.79 Å². The van der Waals surface area contributed by atoms with Gasteiger partial charge in [0.15, 0.2) is 0 Å². The predicted octanol–water partition coefficient (Wildman–Crippen LogP) is -0.646. The molecule has 1 fully saturated rings. The monoisotopic (exact) mass is 196 g/mol. The average molecular weight is 196 g/mol. The van der Waals surface area contributed by atoms with Crippen LogP contribution >= 0.6 is 0 Å². The topological polar surface area (TPSA) is 69.0 Å². The van der Waals surface area contributed by atoms with Crippen molar-refractivity contribution >= 4 is 5.97 Å². The molecule has 2 rings (SSSR count). The van der Waals surface area contributed by atoms with Crippen LogP contribution in [-0.2, 0) is 9.53 Å². The minimum absolute atomic E-state index is 0.196. The number of methoxy groups -OCH3 is 1. The van der Waals surface area contributed by atoms with Gasteiger partial charge in [0, 0.05) is 6.54 Å². The van der Waals surface area contributed by atoms with Gasteiger partial charge >= 0.3 is 5.97 Å². The van der Waals surface area contributed by atoms with Crippen LogP contribution < -0.4 is 5.32 Å². The lowest BCUT2D eigenvalue weighted by atomic mass is 10.2. The van der Waals surface area contributed by atoms with Gasteiger partial charge in [-0.3, -0.25) is 4.79 Å². The van der Waals surface area contributed by atoms with E-state index in [0.717, 1.165) is 6.54 Å². The molecule has 1 aliphatic rings. The first kappa shape index (κ1) is 9.14. The van der Waals surface area contributed by atoms with Crippen LogP contribution in [0.25, 0.3) is 0 Å². The van der Waals surface area contributed by atoms with Crippen molar-refractivity contribution in [1.82, 2.24) is 20.1 Å². The van der Waals surface area contributed by atoms with Crippen molar-refractivity contribution in [3.05, 3.63) is 12.7 Å². The fraction of sp³-hybridized carbons (Fsp3) is 0.625. The van der Waals surface area contributed by atoms with E-state index in [-0.39, 0.29) is 18.1 Å². The first-order chi connectivity index (χ1) is 6.81. The third-order valence-corrected chi connectivity index (χ3v) is 2.40. The van der Waals surface area contributed by atoms with E-state index in [0.29, 0.717) is 6.42 Å². The summed E-state index contributed by atoms with van der Waals surface area (Å²) in [4.78, 5) is 15.1. The predicted molar refractivity (Wildman–Crippen MR) is 47.5 cm³/mol. The standard InChI is InChI=1S/C8H12N4O2/c1-14-8(13)7-2-6(3-10-7)12-5-9-4-11-12/h4-7,10H,2-3H2,1H3/t6-,7+/m0/s1. The van der Waals surface area contributed by atoms with Gasteiger partial charge in [0.1, 0.15) is 18.7 Å². The Morgan fingerprint density at radius 2 is 2.57 bits per heavy atom. The number of esters is 1. The summed E-state index contributed by atoms with van der Waals surface area (Å²) < 4.78 is 6.41. The van der Waals surface area contributed by atoms with Crippen molar-refractivity contribution < 1.29 is 9.53 Å². The molecule has 1 aromatic heterocycles. The molecule has 6 nitrogen and oxygen atoms in total. The van der Waals surface area contributed by atoms with Gasteiger partial charge in [-0.15, -0.1) is 0 Å². The molecule has 1 saturated heterocycles. The summed E-state index contributed by atoms with van der Waals surface area (Å²) in [5.41, 5.74) is 0. The van der Waals surface area contributed by atoms with Gasteiger partial charge in [0.05, 0.1) is 13.2 Å². The highest BCUT2D eigenvalue weighted by molar-refractivity contribution is 5.76. The quantitative estimate of drug-likeness (QED) is 0.637. The molecule has 0 saturated carbocycles. The molecule has 2 atom stereocenters. The molecule has 0 unspecified atom stereocenters. The Balaban J connectivity index is 1.98. The fourth-order valence-corrected chi connectivity index (χ4v) is 1.65. The van der Waals surface area contributed by atoms with E-state index >= 15 is 0 Å². The van der Waals surface area contributed by atoms with Crippen LogP contribution in [0.4, 0.5) is 0 Å². The second kappa shape index (κ2) is 3.75. The third kappa shape index (κ3) is 1.60. The number of carbonyl (C=O) groups excluding carboxylic acids is 1. The minimum atomic E-state index is -0.215. The zero-order chi connectivity index (χ0) is 9.97. The molecule has 1 aliphatic heterocycles. The van der Waals surface area contributed by atoms with E-state index in [1.165, 1.54) is 13.4 Å². The molecule has 76 valence electrons. The number of carbonyl (C=O) groups is 1. The van der Waals surface area contributed by atoms with Crippen LogP contribution in [0, 0.1) is 0 Å². The Kier molecular flexibility index (Phi) is 2.45. The summed E-state index contributed by atoms with van der Waals surface area (Å²) in [6.07, 6.45) is 3.85. The lowest BCUT2D eigenvalue weighted by Crippen LogP contribution is -2.31. The Morgan fingerprint density at radius 3 is 3.21 bits per heavy atom. The third-order valence-electron chi connectivity index (χ3n) is 2.40. The fourth-order valence-electron chi connectivity index (χ4n) is 1.65. The molecular weight excluding hydrogens is 184 g/mol. The van der Waals surface area contributed by atoms with Crippen LogP contribution in [0.3, 0.4) is 0 Å². The number of nitrogens with zero attached hydrogens (tertiary/aromatic N) is 3. The maximum Gasteiger partial charge on any atom is 0.322 e. The smallest absolute Gasteiger partial charge is 0.322 e. The van der Waals surface area contributed by atoms with E-state index in [2.05, 4.69) is 20.1 Å². The van der Waals surface area contributed by atoms with Gasteiger partial charge in [-0.05, 0) is 6.42 Å². The summed E-state index contributed by atoms with van der Waals surface area (Å²) >= 11 is 0. The maximum atomic E-state index is 11.2. The summed E-state index contributed by atoms with van der Waals surface area (Å²) in [6.45, 7) is 0.725. The zero-order valence-electron chi connectivity index (χ0n) is 7.88. The zero-order valence-corrected chi connectivity index (χ0v) is 7.88. The van der Waals surface area contributed by atoms with Crippen LogP contribution in [0.15, 0.2) is 12.7 Å². The minimum Gasteiger partial charge on any atom is -0.468 e. The molecule has 6 heteroatoms. The number of rotatable bonds is 2. The van der Waals surface area contributed by atoms with Gasteiger partial charge in [-0.25, -0.2) is 9.67 Å². The van der Waals surface area contributed by atoms with Crippen LogP contribution in [-0.4, -0.2) is 40.4 Å². The SMILES string of the molecule is COC(=O)[C@H]1C[C@H](n2cncn2)CN1. The van der Waals surface area contributed by atoms with Crippen LogP contribution in [0.5, 0.6) is 0 Å². The number of ether oxygens (including phenoxy) is 1. The Morgan fingerprint density at radius 1 is 1.71 bits per heavy atom. The molecule has 1 N–H and O–H groups in total. The summed E-state index contributed by atoms with van der Waals surface area (Å²) in [5, 5.41) is 7.11.